The minimum atomic E-state index is 0.428. The molecule has 1 unspecified atom stereocenters. The van der Waals surface area contributed by atoms with E-state index in [1.54, 1.807) is 13.3 Å². The number of aromatic nitrogens is 2. The Morgan fingerprint density at radius 2 is 2.20 bits per heavy atom. The van der Waals surface area contributed by atoms with E-state index >= 15 is 0 Å². The number of nitrogens with one attached hydrogen (secondary N) is 1. The molecule has 1 atom stereocenters. The largest absolute Gasteiger partial charge is 0.497 e. The van der Waals surface area contributed by atoms with Crippen LogP contribution in [-0.4, -0.2) is 30.0 Å². The van der Waals surface area contributed by atoms with E-state index in [1.165, 1.54) is 0 Å². The minimum absolute atomic E-state index is 0.428. The molecule has 0 bridgehead atoms. The van der Waals surface area contributed by atoms with Crippen molar-refractivity contribution < 1.29 is 9.47 Å². The molecule has 1 aliphatic rings. The van der Waals surface area contributed by atoms with Gasteiger partial charge in [-0.3, -0.25) is 4.68 Å². The molecule has 1 N–H and O–H groups in total. The summed E-state index contributed by atoms with van der Waals surface area (Å²) in [4.78, 5) is 0. The highest BCUT2D eigenvalue weighted by molar-refractivity contribution is 5.37. The molecule has 106 valence electrons. The van der Waals surface area contributed by atoms with Crippen LogP contribution in [0, 0.1) is 6.92 Å². The average molecular weight is 273 g/mol. The summed E-state index contributed by atoms with van der Waals surface area (Å²) in [5.41, 5.74) is 1.06. The second-order valence-corrected chi connectivity index (χ2v) is 4.97. The van der Waals surface area contributed by atoms with Crippen molar-refractivity contribution in [2.45, 2.75) is 19.4 Å². The first-order valence-corrected chi connectivity index (χ1v) is 6.84. The summed E-state index contributed by atoms with van der Waals surface area (Å²) in [7, 11) is 1.65. The third-order valence-corrected chi connectivity index (χ3v) is 3.65. The Hall–Kier alpha value is -2.01. The molecule has 0 amide bonds. The van der Waals surface area contributed by atoms with Crippen molar-refractivity contribution in [3.8, 4) is 17.2 Å². The van der Waals surface area contributed by atoms with E-state index in [0.29, 0.717) is 6.04 Å². The van der Waals surface area contributed by atoms with Gasteiger partial charge in [0, 0.05) is 12.6 Å². The van der Waals surface area contributed by atoms with Crippen molar-refractivity contribution in [2.24, 2.45) is 0 Å². The van der Waals surface area contributed by atoms with Gasteiger partial charge in [0.2, 0.25) is 0 Å². The zero-order valence-corrected chi connectivity index (χ0v) is 11.8. The maximum absolute atomic E-state index is 5.91. The number of rotatable bonds is 4. The summed E-state index contributed by atoms with van der Waals surface area (Å²) in [5, 5.41) is 7.81. The normalized spacial score (nSPS) is 18.2. The Kier molecular flexibility index (Phi) is 3.60. The third-order valence-electron chi connectivity index (χ3n) is 3.65. The summed E-state index contributed by atoms with van der Waals surface area (Å²) >= 11 is 0. The molecular weight excluding hydrogens is 254 g/mol. The highest BCUT2D eigenvalue weighted by Gasteiger charge is 2.20. The van der Waals surface area contributed by atoms with E-state index in [2.05, 4.69) is 15.1 Å². The van der Waals surface area contributed by atoms with E-state index in [0.717, 1.165) is 42.5 Å². The van der Waals surface area contributed by atoms with Crippen LogP contribution in [0.2, 0.25) is 0 Å². The first kappa shape index (κ1) is 13.0. The van der Waals surface area contributed by atoms with Gasteiger partial charge >= 0.3 is 0 Å². The maximum atomic E-state index is 5.91. The van der Waals surface area contributed by atoms with Crippen LogP contribution in [0.5, 0.6) is 17.2 Å². The Morgan fingerprint density at radius 1 is 1.35 bits per heavy atom. The standard InChI is InChI=1S/C15H19N3O2/c1-11-15(10-17-18(11)12-6-7-16-9-12)20-14-5-3-4-13(8-14)19-2/h3-5,8,10,12,16H,6-7,9H2,1-2H3. The highest BCUT2D eigenvalue weighted by Crippen LogP contribution is 2.29. The molecular formula is C15H19N3O2. The van der Waals surface area contributed by atoms with Crippen LogP contribution in [0.1, 0.15) is 18.2 Å². The second kappa shape index (κ2) is 5.54. The minimum Gasteiger partial charge on any atom is -0.497 e. The maximum Gasteiger partial charge on any atom is 0.168 e. The number of benzene rings is 1. The van der Waals surface area contributed by atoms with Gasteiger partial charge in [0.05, 0.1) is 25.0 Å². The summed E-state index contributed by atoms with van der Waals surface area (Å²) < 4.78 is 13.2. The lowest BCUT2D eigenvalue weighted by molar-refractivity contribution is 0.408. The van der Waals surface area contributed by atoms with Crippen molar-refractivity contribution in [2.75, 3.05) is 20.2 Å². The molecule has 5 heteroatoms. The zero-order chi connectivity index (χ0) is 13.9. The lowest BCUT2D eigenvalue weighted by atomic mass is 10.2. The molecule has 1 saturated heterocycles. The number of methoxy groups -OCH3 is 1. The lowest BCUT2D eigenvalue weighted by Gasteiger charge is -2.12. The van der Waals surface area contributed by atoms with E-state index < -0.39 is 0 Å². The smallest absolute Gasteiger partial charge is 0.168 e. The van der Waals surface area contributed by atoms with Gasteiger partial charge in [-0.15, -0.1) is 0 Å². The van der Waals surface area contributed by atoms with Gasteiger partial charge in [0.15, 0.2) is 5.75 Å². The van der Waals surface area contributed by atoms with Crippen molar-refractivity contribution in [3.05, 3.63) is 36.2 Å². The van der Waals surface area contributed by atoms with E-state index in [-0.39, 0.29) is 0 Å². The summed E-state index contributed by atoms with van der Waals surface area (Å²) in [6.45, 7) is 4.07. The summed E-state index contributed by atoms with van der Waals surface area (Å²) in [6, 6.07) is 8.02. The van der Waals surface area contributed by atoms with E-state index in [9.17, 15) is 0 Å². The molecule has 2 aromatic rings. The van der Waals surface area contributed by atoms with Crippen LogP contribution in [0.15, 0.2) is 30.5 Å². The Morgan fingerprint density at radius 3 is 2.95 bits per heavy atom. The van der Waals surface area contributed by atoms with Crippen molar-refractivity contribution in [3.63, 3.8) is 0 Å². The quantitative estimate of drug-likeness (QED) is 0.930. The molecule has 5 nitrogen and oxygen atoms in total. The van der Waals surface area contributed by atoms with Gasteiger partial charge in [-0.2, -0.15) is 5.10 Å². The number of nitrogens with zero attached hydrogens (tertiary/aromatic N) is 2. The number of hydrogen-bond donors (Lipinski definition) is 1. The molecule has 2 heterocycles. The molecule has 3 rings (SSSR count). The van der Waals surface area contributed by atoms with Crippen molar-refractivity contribution in [1.82, 2.24) is 15.1 Å². The topological polar surface area (TPSA) is 48.3 Å². The Labute approximate surface area is 118 Å². The average Bonchev–Trinajstić information content (AvgIpc) is 3.10. The summed E-state index contributed by atoms with van der Waals surface area (Å²) in [6.07, 6.45) is 2.90. The van der Waals surface area contributed by atoms with Crippen LogP contribution in [0.25, 0.3) is 0 Å². The molecule has 1 fully saturated rings. The molecule has 1 aromatic carbocycles. The lowest BCUT2D eigenvalue weighted by Crippen LogP contribution is -2.15. The monoisotopic (exact) mass is 273 g/mol. The zero-order valence-electron chi connectivity index (χ0n) is 11.8. The van der Waals surface area contributed by atoms with Crippen LogP contribution in [0.3, 0.4) is 0 Å². The number of hydrogen-bond acceptors (Lipinski definition) is 4. The first-order chi connectivity index (χ1) is 9.78. The molecule has 0 spiro atoms. The fraction of sp³-hybridized carbons (Fsp3) is 0.400. The molecule has 0 aliphatic carbocycles. The summed E-state index contributed by atoms with van der Waals surface area (Å²) in [5.74, 6) is 2.34. The van der Waals surface area contributed by atoms with E-state index in [4.69, 9.17) is 9.47 Å². The number of ether oxygens (including phenoxy) is 2. The van der Waals surface area contributed by atoms with Crippen LogP contribution < -0.4 is 14.8 Å². The van der Waals surface area contributed by atoms with Crippen molar-refractivity contribution in [1.29, 1.82) is 0 Å². The predicted octanol–water partition coefficient (Wildman–Crippen LogP) is 2.53. The van der Waals surface area contributed by atoms with Gasteiger partial charge in [0.25, 0.3) is 0 Å². The predicted molar refractivity (Wildman–Crippen MR) is 76.6 cm³/mol. The van der Waals surface area contributed by atoms with E-state index in [1.807, 2.05) is 31.2 Å². The SMILES string of the molecule is COc1cccc(Oc2cnn(C3CCNC3)c2C)c1. The fourth-order valence-corrected chi connectivity index (χ4v) is 2.52. The van der Waals surface area contributed by atoms with Crippen molar-refractivity contribution >= 4 is 0 Å². The third kappa shape index (κ3) is 2.49. The Bertz CT molecular complexity index is 589. The molecule has 0 radical (unpaired) electrons. The van der Waals surface area contributed by atoms with Gasteiger partial charge in [0.1, 0.15) is 11.5 Å². The van der Waals surface area contributed by atoms with Gasteiger partial charge in [-0.05, 0) is 32.0 Å². The molecule has 0 saturated carbocycles. The van der Waals surface area contributed by atoms with Crippen LogP contribution >= 0.6 is 0 Å². The Balaban J connectivity index is 1.80. The second-order valence-electron chi connectivity index (χ2n) is 4.97. The molecule has 1 aliphatic heterocycles. The van der Waals surface area contributed by atoms with Crippen LogP contribution in [-0.2, 0) is 0 Å². The first-order valence-electron chi connectivity index (χ1n) is 6.84. The van der Waals surface area contributed by atoms with Gasteiger partial charge in [-0.25, -0.2) is 0 Å². The van der Waals surface area contributed by atoms with Crippen LogP contribution in [0.4, 0.5) is 0 Å². The molecule has 20 heavy (non-hydrogen) atoms. The highest BCUT2D eigenvalue weighted by atomic mass is 16.5. The molecule has 1 aromatic heterocycles. The fourth-order valence-electron chi connectivity index (χ4n) is 2.52. The van der Waals surface area contributed by atoms with Gasteiger partial charge < -0.3 is 14.8 Å². The van der Waals surface area contributed by atoms with Gasteiger partial charge in [-0.1, -0.05) is 6.07 Å².